The van der Waals surface area contributed by atoms with Crippen LogP contribution in [0, 0.1) is 24.7 Å². The Bertz CT molecular complexity index is 533. The molecule has 3 aliphatic carbocycles. The van der Waals surface area contributed by atoms with Crippen LogP contribution in [0.3, 0.4) is 0 Å². The van der Waals surface area contributed by atoms with E-state index >= 15 is 0 Å². The predicted octanol–water partition coefficient (Wildman–Crippen LogP) is 6.67. The van der Waals surface area contributed by atoms with Crippen molar-refractivity contribution in [2.45, 2.75) is 58.8 Å². The van der Waals surface area contributed by atoms with Gasteiger partial charge in [-0.25, -0.2) is 0 Å². The molecule has 0 nitrogen and oxygen atoms in total. The topological polar surface area (TPSA) is 0 Å². The second kappa shape index (κ2) is 11.1. The molecule has 0 N–H and O–H groups in total. The minimum absolute atomic E-state index is 0.497. The Kier molecular flexibility index (Phi) is 9.18. The molecule has 0 aromatic rings. The summed E-state index contributed by atoms with van der Waals surface area (Å²) in [5.74, 6) is 2.64. The van der Waals surface area contributed by atoms with Crippen molar-refractivity contribution >= 4 is 3.21 Å². The van der Waals surface area contributed by atoms with Crippen LogP contribution in [0.1, 0.15) is 58.8 Å². The first-order valence-corrected chi connectivity index (χ1v) is 11.1. The number of hydrogen-bond donors (Lipinski definition) is 0. The Labute approximate surface area is 170 Å². The molecule has 0 saturated heterocycles. The maximum Gasteiger partial charge on any atom is -0.0927 e. The van der Waals surface area contributed by atoms with Crippen LogP contribution in [0.2, 0.25) is 0 Å². The summed E-state index contributed by atoms with van der Waals surface area (Å²) in [6.45, 7) is 7.82. The van der Waals surface area contributed by atoms with Crippen LogP contribution in [0.4, 0.5) is 0 Å². The molecule has 3 aliphatic rings. The molecule has 0 atom stereocenters. The van der Waals surface area contributed by atoms with Gasteiger partial charge in [-0.05, 0) is 0 Å². The second-order valence-corrected chi connectivity index (χ2v) is 8.42. The van der Waals surface area contributed by atoms with E-state index in [-0.39, 0.29) is 0 Å². The van der Waals surface area contributed by atoms with E-state index in [1.165, 1.54) is 38.5 Å². The minimum atomic E-state index is 0.497. The first-order chi connectivity index (χ1) is 12.2. The van der Waals surface area contributed by atoms with Crippen LogP contribution in [0.25, 0.3) is 0 Å². The van der Waals surface area contributed by atoms with Crippen molar-refractivity contribution < 1.29 is 24.2 Å². The normalized spacial score (nSPS) is 21.7. The summed E-state index contributed by atoms with van der Waals surface area (Å²) in [7, 11) is 0. The van der Waals surface area contributed by atoms with Crippen molar-refractivity contribution in [3.05, 3.63) is 72.6 Å². The predicted molar refractivity (Wildman–Crippen MR) is 108 cm³/mol. The molecule has 0 amide bonds. The number of rotatable bonds is 5. The minimum Gasteiger partial charge on any atom is -0.344 e. The quantitative estimate of drug-likeness (QED) is 0.443. The van der Waals surface area contributed by atoms with Gasteiger partial charge in [0.25, 0.3) is 0 Å². The standard InChI is InChI=1S/C21H25.C3H7.Zr/c1-2-10-20(17-11-4-3-5-12-17)21(18-13-6-7-14-18)19-15-8-9-16-19;1-3-2;/h6-9,13-16,18-19H,2-5,10-11H2,1H3;1,3H2,2H3;/q2*-1;+2/b20-17-;;. The van der Waals surface area contributed by atoms with Gasteiger partial charge < -0.3 is 6.92 Å². The van der Waals surface area contributed by atoms with Crippen molar-refractivity contribution in [1.82, 2.24) is 0 Å². The largest absolute Gasteiger partial charge is 0.344 e. The van der Waals surface area contributed by atoms with Crippen LogP contribution in [-0.4, -0.2) is 3.21 Å². The van der Waals surface area contributed by atoms with Gasteiger partial charge in [-0.1, -0.05) is 6.92 Å². The van der Waals surface area contributed by atoms with E-state index in [1.54, 1.807) is 44.5 Å². The van der Waals surface area contributed by atoms with Crippen molar-refractivity contribution in [3.8, 4) is 0 Å². The van der Waals surface area contributed by atoms with Gasteiger partial charge >= 0.3 is 150 Å². The SMILES string of the molecule is CCC/C(=C1\CCCC[C]1=[Zr+2])[C-](C1C=CC=C1)C1C=CC=C1.[CH2-]CC. The third-order valence-corrected chi connectivity index (χ3v) is 6.25. The summed E-state index contributed by atoms with van der Waals surface area (Å²) < 4.78 is 1.73. The molecule has 0 heterocycles. The Morgan fingerprint density at radius 1 is 1.00 bits per heavy atom. The molecule has 132 valence electrons. The van der Waals surface area contributed by atoms with E-state index < -0.39 is 0 Å². The summed E-state index contributed by atoms with van der Waals surface area (Å²) in [4.78, 5) is 0. The Hall–Kier alpha value is -0.677. The smallest absolute Gasteiger partial charge is 0.0927 e. The van der Waals surface area contributed by atoms with Gasteiger partial charge in [-0.3, -0.25) is 0 Å². The summed E-state index contributed by atoms with van der Waals surface area (Å²) >= 11 is 1.63. The van der Waals surface area contributed by atoms with Gasteiger partial charge in [0.15, 0.2) is 0 Å². The molecule has 0 spiro atoms. The van der Waals surface area contributed by atoms with E-state index in [1.807, 2.05) is 6.92 Å². The van der Waals surface area contributed by atoms with E-state index in [4.69, 9.17) is 0 Å². The molecule has 1 saturated carbocycles. The maximum atomic E-state index is 3.49. The molecule has 0 bridgehead atoms. The van der Waals surface area contributed by atoms with Crippen molar-refractivity contribution in [2.75, 3.05) is 0 Å². The van der Waals surface area contributed by atoms with Gasteiger partial charge in [0.05, 0.1) is 0 Å². The summed E-state index contributed by atoms with van der Waals surface area (Å²) in [6, 6.07) is 0. The fraction of sp³-hybridized carbons (Fsp3) is 0.458. The average Bonchev–Trinajstić information content (AvgIpc) is 3.30. The molecular formula is C24H32Zr. The van der Waals surface area contributed by atoms with E-state index in [0.29, 0.717) is 11.8 Å². The third-order valence-electron chi connectivity index (χ3n) is 4.89. The monoisotopic (exact) mass is 410 g/mol. The number of allylic oxidation sites excluding steroid dienone is 10. The van der Waals surface area contributed by atoms with Crippen LogP contribution in [-0.2, 0) is 24.2 Å². The second-order valence-electron chi connectivity index (χ2n) is 6.94. The zero-order valence-corrected chi connectivity index (χ0v) is 18.4. The fourth-order valence-corrected chi connectivity index (χ4v) is 4.97. The van der Waals surface area contributed by atoms with Crippen LogP contribution < -0.4 is 0 Å². The molecule has 25 heavy (non-hydrogen) atoms. The molecule has 0 unspecified atom stereocenters. The van der Waals surface area contributed by atoms with Crippen LogP contribution in [0.15, 0.2) is 59.8 Å². The molecular weight excluding hydrogens is 379 g/mol. The molecule has 0 aromatic carbocycles. The van der Waals surface area contributed by atoms with Gasteiger partial charge in [-0.2, -0.15) is 6.42 Å². The molecule has 1 fully saturated rings. The van der Waals surface area contributed by atoms with E-state index in [9.17, 15) is 0 Å². The maximum absolute atomic E-state index is 3.49. The summed E-state index contributed by atoms with van der Waals surface area (Å²) in [6.07, 6.45) is 27.2. The van der Waals surface area contributed by atoms with Gasteiger partial charge in [0.1, 0.15) is 0 Å². The Morgan fingerprint density at radius 2 is 1.48 bits per heavy atom. The van der Waals surface area contributed by atoms with Gasteiger partial charge in [0, 0.05) is 0 Å². The zero-order chi connectivity index (χ0) is 18.1. The summed E-state index contributed by atoms with van der Waals surface area (Å²) in [5.41, 5.74) is 3.42. The molecule has 3 rings (SSSR count). The molecule has 0 radical (unpaired) electrons. The van der Waals surface area contributed by atoms with Crippen molar-refractivity contribution in [2.24, 2.45) is 11.8 Å². The molecule has 0 aliphatic heterocycles. The third kappa shape index (κ3) is 5.65. The van der Waals surface area contributed by atoms with E-state index in [0.717, 1.165) is 6.42 Å². The van der Waals surface area contributed by atoms with Gasteiger partial charge in [0.2, 0.25) is 0 Å². The first kappa shape index (κ1) is 20.6. The van der Waals surface area contributed by atoms with Crippen molar-refractivity contribution in [1.29, 1.82) is 0 Å². The van der Waals surface area contributed by atoms with Crippen LogP contribution >= 0.6 is 0 Å². The number of hydrogen-bond acceptors (Lipinski definition) is 0. The van der Waals surface area contributed by atoms with Crippen molar-refractivity contribution in [3.63, 3.8) is 0 Å². The summed E-state index contributed by atoms with van der Waals surface area (Å²) in [5, 5.41) is 0. The zero-order valence-electron chi connectivity index (χ0n) is 15.9. The average molecular weight is 412 g/mol. The fourth-order valence-electron chi connectivity index (χ4n) is 3.86. The molecule has 0 aromatic heterocycles. The first-order valence-electron chi connectivity index (χ1n) is 9.89. The Balaban J connectivity index is 0.000000701. The van der Waals surface area contributed by atoms with E-state index in [2.05, 4.69) is 62.5 Å². The Morgan fingerprint density at radius 3 is 1.92 bits per heavy atom. The van der Waals surface area contributed by atoms with Gasteiger partial charge in [-0.15, -0.1) is 0 Å². The molecule has 1 heteroatoms. The van der Waals surface area contributed by atoms with Crippen LogP contribution in [0.5, 0.6) is 0 Å².